The molecule has 0 saturated carbocycles. The monoisotopic (exact) mass is 385 g/mol. The molecule has 10 heteroatoms. The lowest BCUT2D eigenvalue weighted by Gasteiger charge is -2.15. The zero-order valence-electron chi connectivity index (χ0n) is 16.8. The van der Waals surface area contributed by atoms with Crippen LogP contribution in [-0.4, -0.2) is 47.3 Å². The molecule has 3 aromatic rings. The molecule has 0 saturated heterocycles. The molecule has 0 unspecified atom stereocenters. The maximum absolute atomic E-state index is 12.4. The molecule has 0 bridgehead atoms. The maximum atomic E-state index is 12.4. The fraction of sp³-hybridized carbons (Fsp3) is 0.444. The minimum atomic E-state index is -0.949. The third kappa shape index (κ3) is 3.57. The first-order valence-corrected chi connectivity index (χ1v) is 8.85. The average Bonchev–Trinajstić information content (AvgIpc) is 3.18. The summed E-state index contributed by atoms with van der Waals surface area (Å²) in [6.07, 6.45) is 0.449. The lowest BCUT2D eigenvalue weighted by molar-refractivity contribution is -0.152. The zero-order valence-corrected chi connectivity index (χ0v) is 16.8. The summed E-state index contributed by atoms with van der Waals surface area (Å²) in [5.41, 5.74) is 4.29. The first-order chi connectivity index (χ1) is 13.2. The molecule has 0 aliphatic rings. The average molecular weight is 385 g/mol. The van der Waals surface area contributed by atoms with Crippen molar-refractivity contribution in [2.24, 2.45) is 7.05 Å². The lowest BCUT2D eigenvalue weighted by Crippen LogP contribution is -2.31. The van der Waals surface area contributed by atoms with E-state index in [1.54, 1.807) is 30.1 Å². The van der Waals surface area contributed by atoms with Crippen molar-refractivity contribution in [2.45, 2.75) is 47.1 Å². The van der Waals surface area contributed by atoms with Gasteiger partial charge >= 0.3 is 5.97 Å². The molecule has 0 aliphatic heterocycles. The van der Waals surface area contributed by atoms with Crippen LogP contribution in [0.15, 0.2) is 6.33 Å². The minimum Gasteiger partial charge on any atom is -0.452 e. The van der Waals surface area contributed by atoms with E-state index >= 15 is 0 Å². The molecule has 0 spiro atoms. The van der Waals surface area contributed by atoms with Crippen LogP contribution in [-0.2, 0) is 27.8 Å². The van der Waals surface area contributed by atoms with E-state index in [-0.39, 0.29) is 6.42 Å². The van der Waals surface area contributed by atoms with E-state index in [0.717, 1.165) is 11.4 Å². The Hall–Kier alpha value is -3.30. The highest BCUT2D eigenvalue weighted by Gasteiger charge is 2.22. The highest BCUT2D eigenvalue weighted by atomic mass is 16.5. The normalized spacial score (nSPS) is 12.2. The summed E-state index contributed by atoms with van der Waals surface area (Å²) in [5, 5.41) is 11.1. The molecule has 3 aromatic heterocycles. The van der Waals surface area contributed by atoms with Gasteiger partial charge in [0.2, 0.25) is 0 Å². The van der Waals surface area contributed by atoms with Crippen LogP contribution >= 0.6 is 0 Å². The quantitative estimate of drug-likeness (QED) is 0.656. The third-order valence-electron chi connectivity index (χ3n) is 4.74. The number of amides is 1. The maximum Gasteiger partial charge on any atom is 0.311 e. The van der Waals surface area contributed by atoms with Crippen molar-refractivity contribution in [3.63, 3.8) is 0 Å². The zero-order chi connectivity index (χ0) is 20.6. The van der Waals surface area contributed by atoms with E-state index in [1.165, 1.54) is 13.3 Å². The predicted molar refractivity (Wildman–Crippen MR) is 101 cm³/mol. The summed E-state index contributed by atoms with van der Waals surface area (Å²) in [6, 6.07) is 0. The number of rotatable bonds is 5. The topological polar surface area (TPSA) is 116 Å². The Morgan fingerprint density at radius 3 is 2.54 bits per heavy atom. The van der Waals surface area contributed by atoms with Gasteiger partial charge in [0.1, 0.15) is 6.33 Å². The van der Waals surface area contributed by atoms with Crippen LogP contribution in [0, 0.1) is 27.7 Å². The number of hydrogen-bond acceptors (Lipinski definition) is 7. The van der Waals surface area contributed by atoms with E-state index in [2.05, 4.69) is 25.5 Å². The number of fused-ring (bicyclic) bond motifs is 1. The Labute approximate surface area is 161 Å². The number of anilines is 1. The fourth-order valence-corrected chi connectivity index (χ4v) is 3.03. The summed E-state index contributed by atoms with van der Waals surface area (Å²) >= 11 is 0. The number of esters is 1. The smallest absolute Gasteiger partial charge is 0.311 e. The van der Waals surface area contributed by atoms with Gasteiger partial charge in [-0.1, -0.05) is 0 Å². The molecule has 148 valence electrons. The van der Waals surface area contributed by atoms with E-state index in [4.69, 9.17) is 4.74 Å². The molecular weight excluding hydrogens is 362 g/mol. The van der Waals surface area contributed by atoms with Crippen LogP contribution in [0.4, 0.5) is 5.69 Å². The van der Waals surface area contributed by atoms with Crippen LogP contribution in [0.5, 0.6) is 0 Å². The highest BCUT2D eigenvalue weighted by Crippen LogP contribution is 2.19. The standard InChI is InChI=1S/C18H23N7O3/c1-9-14(11(3)25-18(21-9)19-8-20-25)7-15(26)28-13(5)17(27)22-16-10(2)23-24(6)12(16)4/h8,13H,7H2,1-6H3,(H,22,27)/t13-/m1/s1. The first-order valence-electron chi connectivity index (χ1n) is 8.85. The van der Waals surface area contributed by atoms with Crippen molar-refractivity contribution in [1.82, 2.24) is 29.4 Å². The highest BCUT2D eigenvalue weighted by molar-refractivity contribution is 5.96. The van der Waals surface area contributed by atoms with Crippen molar-refractivity contribution in [3.8, 4) is 0 Å². The molecule has 28 heavy (non-hydrogen) atoms. The second kappa shape index (κ2) is 7.37. The SMILES string of the molecule is Cc1nc2ncnn2c(C)c1CC(=O)O[C@H](C)C(=O)Nc1c(C)nn(C)c1C. The summed E-state index contributed by atoms with van der Waals surface area (Å²) < 4.78 is 8.58. The molecular formula is C18H23N7O3. The van der Waals surface area contributed by atoms with Gasteiger partial charge in [-0.3, -0.25) is 14.3 Å². The minimum absolute atomic E-state index is 0.0109. The molecule has 0 fully saturated rings. The number of hydrogen-bond donors (Lipinski definition) is 1. The Morgan fingerprint density at radius 2 is 1.89 bits per heavy atom. The number of aromatic nitrogens is 6. The van der Waals surface area contributed by atoms with Gasteiger partial charge in [-0.05, 0) is 34.6 Å². The Kier molecular flexibility index (Phi) is 5.12. The molecule has 10 nitrogen and oxygen atoms in total. The van der Waals surface area contributed by atoms with Gasteiger partial charge in [0, 0.05) is 24.0 Å². The van der Waals surface area contributed by atoms with Gasteiger partial charge in [-0.15, -0.1) is 0 Å². The lowest BCUT2D eigenvalue weighted by atomic mass is 10.1. The van der Waals surface area contributed by atoms with Gasteiger partial charge in [0.25, 0.3) is 11.7 Å². The van der Waals surface area contributed by atoms with Crippen molar-refractivity contribution in [2.75, 3.05) is 5.32 Å². The van der Waals surface area contributed by atoms with Crippen molar-refractivity contribution >= 4 is 23.3 Å². The molecule has 0 aliphatic carbocycles. The van der Waals surface area contributed by atoms with Crippen LogP contribution < -0.4 is 5.32 Å². The second-order valence-electron chi connectivity index (χ2n) is 6.70. The molecule has 0 aromatic carbocycles. The Bertz CT molecular complexity index is 1070. The Morgan fingerprint density at radius 1 is 1.18 bits per heavy atom. The van der Waals surface area contributed by atoms with Gasteiger partial charge in [-0.25, -0.2) is 9.50 Å². The molecule has 0 radical (unpaired) electrons. The number of carbonyl (C=O) groups is 2. The van der Waals surface area contributed by atoms with Gasteiger partial charge in [0.05, 0.1) is 23.5 Å². The van der Waals surface area contributed by atoms with Gasteiger partial charge in [0.15, 0.2) is 6.10 Å². The number of nitrogens with one attached hydrogen (secondary N) is 1. The van der Waals surface area contributed by atoms with Crippen molar-refractivity contribution < 1.29 is 14.3 Å². The first kappa shape index (κ1) is 19.5. The molecule has 3 rings (SSSR count). The van der Waals surface area contributed by atoms with Crippen molar-refractivity contribution in [3.05, 3.63) is 34.7 Å². The predicted octanol–water partition coefficient (Wildman–Crippen LogP) is 1.20. The largest absolute Gasteiger partial charge is 0.452 e. The van der Waals surface area contributed by atoms with Crippen molar-refractivity contribution in [1.29, 1.82) is 0 Å². The molecule has 1 amide bonds. The summed E-state index contributed by atoms with van der Waals surface area (Å²) in [5.74, 6) is -0.456. The Balaban J connectivity index is 1.68. The number of ether oxygens (including phenoxy) is 1. The van der Waals surface area contributed by atoms with Gasteiger partial charge in [-0.2, -0.15) is 15.2 Å². The van der Waals surface area contributed by atoms with Crippen LogP contribution in [0.1, 0.15) is 35.3 Å². The van der Waals surface area contributed by atoms with E-state index in [1.807, 2.05) is 13.8 Å². The molecule has 1 atom stereocenters. The van der Waals surface area contributed by atoms with E-state index < -0.39 is 18.0 Å². The van der Waals surface area contributed by atoms with Crippen LogP contribution in [0.25, 0.3) is 5.78 Å². The summed E-state index contributed by atoms with van der Waals surface area (Å²) in [6.45, 7) is 8.83. The number of carbonyl (C=O) groups excluding carboxylic acids is 2. The number of nitrogens with zero attached hydrogens (tertiary/aromatic N) is 6. The third-order valence-corrected chi connectivity index (χ3v) is 4.74. The van der Waals surface area contributed by atoms with E-state index in [9.17, 15) is 9.59 Å². The summed E-state index contributed by atoms with van der Waals surface area (Å²) in [4.78, 5) is 33.2. The van der Waals surface area contributed by atoms with E-state index in [0.29, 0.717) is 28.4 Å². The van der Waals surface area contributed by atoms with Crippen LogP contribution in [0.2, 0.25) is 0 Å². The number of aryl methyl sites for hydroxylation is 4. The van der Waals surface area contributed by atoms with Gasteiger partial charge < -0.3 is 10.1 Å². The molecule has 1 N–H and O–H groups in total. The second-order valence-corrected chi connectivity index (χ2v) is 6.70. The summed E-state index contributed by atoms with van der Waals surface area (Å²) in [7, 11) is 1.80. The molecule has 3 heterocycles. The van der Waals surface area contributed by atoms with Crippen LogP contribution in [0.3, 0.4) is 0 Å². The fourth-order valence-electron chi connectivity index (χ4n) is 3.03.